The van der Waals surface area contributed by atoms with Crippen LogP contribution in [0.3, 0.4) is 0 Å². The zero-order valence-electron chi connectivity index (χ0n) is 14.5. The number of hydrogen-bond donors (Lipinski definition) is 0. The van der Waals surface area contributed by atoms with Crippen LogP contribution in [0.1, 0.15) is 22.3 Å². The fourth-order valence-electron chi connectivity index (χ4n) is 2.49. The maximum Gasteiger partial charge on any atom is 0.164 e. The number of benzene rings is 2. The Bertz CT molecular complexity index is 589. The molecule has 4 heteroatoms. The Morgan fingerprint density at radius 1 is 0.792 bits per heavy atom. The van der Waals surface area contributed by atoms with E-state index < -0.39 is 0 Å². The molecule has 0 saturated carbocycles. The van der Waals surface area contributed by atoms with Crippen LogP contribution in [-0.4, -0.2) is 49.3 Å². The quantitative estimate of drug-likeness (QED) is 0.646. The fraction of sp³-hybridized carbons (Fsp3) is 0.350. The zero-order valence-corrected chi connectivity index (χ0v) is 15.3. The molecule has 0 bridgehead atoms. The summed E-state index contributed by atoms with van der Waals surface area (Å²) in [4.78, 5) is 16.6. The van der Waals surface area contributed by atoms with Gasteiger partial charge in [0.1, 0.15) is 0 Å². The molecule has 0 aromatic heterocycles. The molecule has 0 spiro atoms. The molecule has 2 aromatic rings. The maximum absolute atomic E-state index is 12.1. The standard InChI is InChI=1S/C20H26N2O.ClH/c1-21(14-13-20(23)19-11-7-4-8-12-19)15-16-22(2)17-18-9-5-3-6-10-18;/h3-12H,13-17H2,1-2H3;1H. The molecule has 0 saturated heterocycles. The first kappa shape index (κ1) is 20.4. The van der Waals surface area contributed by atoms with Crippen molar-refractivity contribution in [3.8, 4) is 0 Å². The SMILES string of the molecule is CN(CCC(=O)c1ccccc1)CCN(C)Cc1ccccc1.Cl. The lowest BCUT2D eigenvalue weighted by molar-refractivity contribution is 0.0967. The summed E-state index contributed by atoms with van der Waals surface area (Å²) in [6.45, 7) is 3.71. The molecule has 0 aliphatic carbocycles. The van der Waals surface area contributed by atoms with E-state index in [1.54, 1.807) is 0 Å². The first-order chi connectivity index (χ1) is 11.1. The van der Waals surface area contributed by atoms with E-state index in [4.69, 9.17) is 0 Å². The molecule has 0 heterocycles. The van der Waals surface area contributed by atoms with Gasteiger partial charge < -0.3 is 9.80 Å². The first-order valence-corrected chi connectivity index (χ1v) is 8.14. The third kappa shape index (κ3) is 7.26. The van der Waals surface area contributed by atoms with Crippen molar-refractivity contribution >= 4 is 18.2 Å². The largest absolute Gasteiger partial charge is 0.305 e. The molecule has 3 nitrogen and oxygen atoms in total. The molecule has 0 radical (unpaired) electrons. The molecule has 0 amide bonds. The average Bonchev–Trinajstić information content (AvgIpc) is 2.59. The van der Waals surface area contributed by atoms with Gasteiger partial charge in [0.15, 0.2) is 5.78 Å². The van der Waals surface area contributed by atoms with Gasteiger partial charge in [-0.15, -0.1) is 12.4 Å². The Hall–Kier alpha value is -1.68. The van der Waals surface area contributed by atoms with Crippen LogP contribution in [0.15, 0.2) is 60.7 Å². The lowest BCUT2D eigenvalue weighted by Gasteiger charge is -2.22. The Morgan fingerprint density at radius 2 is 1.33 bits per heavy atom. The van der Waals surface area contributed by atoms with Crippen molar-refractivity contribution in [2.24, 2.45) is 0 Å². The molecule has 2 rings (SSSR count). The third-order valence-electron chi connectivity index (χ3n) is 3.98. The molecular weight excluding hydrogens is 320 g/mol. The second kappa shape index (κ2) is 11.0. The van der Waals surface area contributed by atoms with Crippen molar-refractivity contribution in [2.45, 2.75) is 13.0 Å². The molecule has 0 aliphatic heterocycles. The van der Waals surface area contributed by atoms with Crippen LogP contribution >= 0.6 is 12.4 Å². The van der Waals surface area contributed by atoms with E-state index in [9.17, 15) is 4.79 Å². The number of ketones is 1. The van der Waals surface area contributed by atoms with E-state index >= 15 is 0 Å². The minimum absolute atomic E-state index is 0. The lowest BCUT2D eigenvalue weighted by Crippen LogP contribution is -2.31. The second-order valence-corrected chi connectivity index (χ2v) is 6.07. The van der Waals surface area contributed by atoms with Crippen molar-refractivity contribution < 1.29 is 4.79 Å². The van der Waals surface area contributed by atoms with Crippen molar-refractivity contribution in [1.29, 1.82) is 0 Å². The summed E-state index contributed by atoms with van der Waals surface area (Å²) < 4.78 is 0. The van der Waals surface area contributed by atoms with Crippen LogP contribution in [0.2, 0.25) is 0 Å². The van der Waals surface area contributed by atoms with Gasteiger partial charge in [-0.25, -0.2) is 0 Å². The van der Waals surface area contributed by atoms with Crippen molar-refractivity contribution in [3.05, 3.63) is 71.8 Å². The summed E-state index contributed by atoms with van der Waals surface area (Å²) >= 11 is 0. The van der Waals surface area contributed by atoms with Gasteiger partial charge in [0.05, 0.1) is 0 Å². The van der Waals surface area contributed by atoms with Gasteiger partial charge >= 0.3 is 0 Å². The first-order valence-electron chi connectivity index (χ1n) is 8.14. The molecule has 24 heavy (non-hydrogen) atoms. The van der Waals surface area contributed by atoms with Crippen molar-refractivity contribution in [3.63, 3.8) is 0 Å². The normalized spacial score (nSPS) is 10.7. The highest BCUT2D eigenvalue weighted by molar-refractivity contribution is 5.96. The van der Waals surface area contributed by atoms with E-state index in [-0.39, 0.29) is 18.2 Å². The van der Waals surface area contributed by atoms with E-state index in [1.165, 1.54) is 5.56 Å². The smallest absolute Gasteiger partial charge is 0.164 e. The van der Waals surface area contributed by atoms with Crippen LogP contribution in [-0.2, 0) is 6.54 Å². The average molecular weight is 347 g/mol. The number of nitrogens with zero attached hydrogens (tertiary/aromatic N) is 2. The van der Waals surface area contributed by atoms with Gasteiger partial charge in [0.2, 0.25) is 0 Å². The van der Waals surface area contributed by atoms with Crippen LogP contribution in [0, 0.1) is 0 Å². The van der Waals surface area contributed by atoms with Crippen molar-refractivity contribution in [1.82, 2.24) is 9.80 Å². The highest BCUT2D eigenvalue weighted by Crippen LogP contribution is 2.05. The maximum atomic E-state index is 12.1. The monoisotopic (exact) mass is 346 g/mol. The van der Waals surface area contributed by atoms with Gasteiger partial charge in [-0.1, -0.05) is 60.7 Å². The molecular formula is C20H27ClN2O. The molecule has 0 atom stereocenters. The van der Waals surface area contributed by atoms with Crippen LogP contribution < -0.4 is 0 Å². The number of carbonyl (C=O) groups is 1. The minimum Gasteiger partial charge on any atom is -0.305 e. The summed E-state index contributed by atoms with van der Waals surface area (Å²) in [5.74, 6) is 0.218. The Labute approximate surface area is 151 Å². The van der Waals surface area contributed by atoms with E-state index in [1.807, 2.05) is 36.4 Å². The molecule has 0 fully saturated rings. The van der Waals surface area contributed by atoms with Gasteiger partial charge in [0.25, 0.3) is 0 Å². The molecule has 130 valence electrons. The van der Waals surface area contributed by atoms with E-state index in [2.05, 4.69) is 48.2 Å². The van der Waals surface area contributed by atoms with Crippen LogP contribution in [0.25, 0.3) is 0 Å². The van der Waals surface area contributed by atoms with Crippen molar-refractivity contribution in [2.75, 3.05) is 33.7 Å². The van der Waals surface area contributed by atoms with Gasteiger partial charge in [0, 0.05) is 38.2 Å². The highest BCUT2D eigenvalue weighted by atomic mass is 35.5. The summed E-state index contributed by atoms with van der Waals surface area (Å²) in [6, 6.07) is 20.0. The van der Waals surface area contributed by atoms with Crippen LogP contribution in [0.4, 0.5) is 0 Å². The number of Topliss-reactive ketones (excluding diaryl/α,β-unsaturated/α-hetero) is 1. The topological polar surface area (TPSA) is 23.6 Å². The highest BCUT2D eigenvalue weighted by Gasteiger charge is 2.08. The summed E-state index contributed by atoms with van der Waals surface area (Å²) in [5.41, 5.74) is 2.14. The molecule has 2 aromatic carbocycles. The summed E-state index contributed by atoms with van der Waals surface area (Å²) in [6.07, 6.45) is 0.572. The molecule has 0 N–H and O–H groups in total. The minimum atomic E-state index is 0. The van der Waals surface area contributed by atoms with E-state index in [0.29, 0.717) is 6.42 Å². The van der Waals surface area contributed by atoms with Crippen LogP contribution in [0.5, 0.6) is 0 Å². The number of halogens is 1. The fourth-order valence-corrected chi connectivity index (χ4v) is 2.49. The van der Waals surface area contributed by atoms with Gasteiger partial charge in [-0.3, -0.25) is 4.79 Å². The predicted molar refractivity (Wildman–Crippen MR) is 103 cm³/mol. The summed E-state index contributed by atoms with van der Waals surface area (Å²) in [5, 5.41) is 0. The lowest BCUT2D eigenvalue weighted by atomic mass is 10.1. The zero-order chi connectivity index (χ0) is 16.5. The Balaban J connectivity index is 0.00000288. The Kier molecular flexibility index (Phi) is 9.31. The number of rotatable bonds is 9. The van der Waals surface area contributed by atoms with E-state index in [0.717, 1.165) is 31.7 Å². The Morgan fingerprint density at radius 3 is 1.96 bits per heavy atom. The van der Waals surface area contributed by atoms with Gasteiger partial charge in [-0.05, 0) is 19.7 Å². The van der Waals surface area contributed by atoms with Gasteiger partial charge in [-0.2, -0.15) is 0 Å². The number of carbonyl (C=O) groups excluding carboxylic acids is 1. The summed E-state index contributed by atoms with van der Waals surface area (Å²) in [7, 11) is 4.21. The molecule has 0 aliphatic rings. The predicted octanol–water partition coefficient (Wildman–Crippen LogP) is 3.75. The second-order valence-electron chi connectivity index (χ2n) is 6.07. The molecule has 0 unspecified atom stereocenters. The third-order valence-corrected chi connectivity index (χ3v) is 3.98. The number of hydrogen-bond acceptors (Lipinski definition) is 3. The number of likely N-dealkylation sites (N-methyl/N-ethyl adjacent to an activating group) is 2.